The summed E-state index contributed by atoms with van der Waals surface area (Å²) in [6, 6.07) is 7.73. The number of benzene rings is 1. The number of carbonyl (C=O) groups is 1. The molecule has 104 valence electrons. The van der Waals surface area contributed by atoms with Crippen molar-refractivity contribution in [2.24, 2.45) is 0 Å². The molecule has 19 heavy (non-hydrogen) atoms. The summed E-state index contributed by atoms with van der Waals surface area (Å²) < 4.78 is 10.7. The summed E-state index contributed by atoms with van der Waals surface area (Å²) in [6.07, 6.45) is 0.948. The number of morpholine rings is 1. The number of rotatable bonds is 4. The van der Waals surface area contributed by atoms with Crippen molar-refractivity contribution < 1.29 is 14.3 Å². The smallest absolute Gasteiger partial charge is 0.254 e. The third-order valence-corrected chi connectivity index (χ3v) is 3.46. The monoisotopic (exact) mass is 263 g/mol. The molecular weight excluding hydrogens is 242 g/mol. The van der Waals surface area contributed by atoms with E-state index in [4.69, 9.17) is 9.47 Å². The van der Waals surface area contributed by atoms with Crippen molar-refractivity contribution in [3.05, 3.63) is 35.4 Å². The molecule has 0 N–H and O–H groups in total. The maximum atomic E-state index is 12.4. The second-order valence-corrected chi connectivity index (χ2v) is 4.66. The molecule has 1 aromatic rings. The normalized spacial score (nSPS) is 17.3. The van der Waals surface area contributed by atoms with Crippen LogP contribution < -0.4 is 0 Å². The van der Waals surface area contributed by atoms with Crippen LogP contribution in [0, 0.1) is 0 Å². The molecule has 1 heterocycles. The molecule has 0 spiro atoms. The van der Waals surface area contributed by atoms with E-state index in [2.05, 4.69) is 6.92 Å². The molecule has 1 fully saturated rings. The zero-order chi connectivity index (χ0) is 13.7. The minimum absolute atomic E-state index is 0.0532. The first-order valence-electron chi connectivity index (χ1n) is 6.76. The van der Waals surface area contributed by atoms with E-state index in [-0.39, 0.29) is 12.0 Å². The molecule has 1 atom stereocenters. The third kappa shape index (κ3) is 3.33. The summed E-state index contributed by atoms with van der Waals surface area (Å²) in [5.41, 5.74) is 1.79. The molecular formula is C15H21NO3. The third-order valence-electron chi connectivity index (χ3n) is 3.46. The Balaban J connectivity index is 2.15. The lowest BCUT2D eigenvalue weighted by Gasteiger charge is -2.27. The average molecular weight is 263 g/mol. The van der Waals surface area contributed by atoms with Crippen LogP contribution in [0.1, 0.15) is 35.4 Å². The largest absolute Gasteiger partial charge is 0.378 e. The van der Waals surface area contributed by atoms with Gasteiger partial charge in [-0.1, -0.05) is 19.1 Å². The predicted molar refractivity (Wildman–Crippen MR) is 73.2 cm³/mol. The van der Waals surface area contributed by atoms with Crippen molar-refractivity contribution in [2.75, 3.05) is 33.4 Å². The molecule has 0 aromatic heterocycles. The van der Waals surface area contributed by atoms with Crippen LogP contribution in [0.25, 0.3) is 0 Å². The Kier molecular flexibility index (Phi) is 4.93. The van der Waals surface area contributed by atoms with E-state index < -0.39 is 0 Å². The van der Waals surface area contributed by atoms with Gasteiger partial charge in [0.2, 0.25) is 0 Å². The fourth-order valence-electron chi connectivity index (χ4n) is 2.36. The molecule has 1 aromatic carbocycles. The van der Waals surface area contributed by atoms with E-state index in [1.54, 1.807) is 7.11 Å². The van der Waals surface area contributed by atoms with Crippen molar-refractivity contribution in [1.29, 1.82) is 0 Å². The Morgan fingerprint density at radius 1 is 1.42 bits per heavy atom. The molecule has 1 aliphatic heterocycles. The number of hydrogen-bond acceptors (Lipinski definition) is 3. The first-order valence-corrected chi connectivity index (χ1v) is 6.76. The van der Waals surface area contributed by atoms with Crippen LogP contribution >= 0.6 is 0 Å². The Bertz CT molecular complexity index is 423. The Morgan fingerprint density at radius 3 is 2.79 bits per heavy atom. The van der Waals surface area contributed by atoms with Crippen LogP contribution in [0.3, 0.4) is 0 Å². The van der Waals surface area contributed by atoms with Gasteiger partial charge < -0.3 is 14.4 Å². The van der Waals surface area contributed by atoms with Crippen LogP contribution in [0.15, 0.2) is 24.3 Å². The van der Waals surface area contributed by atoms with Gasteiger partial charge in [-0.2, -0.15) is 0 Å². The Morgan fingerprint density at radius 2 is 2.16 bits per heavy atom. The van der Waals surface area contributed by atoms with Crippen LogP contribution in [0.2, 0.25) is 0 Å². The number of methoxy groups -OCH3 is 1. The van der Waals surface area contributed by atoms with Gasteiger partial charge in [-0.05, 0) is 24.1 Å². The minimum atomic E-state index is 0.0532. The van der Waals surface area contributed by atoms with E-state index >= 15 is 0 Å². The quantitative estimate of drug-likeness (QED) is 0.836. The van der Waals surface area contributed by atoms with Gasteiger partial charge in [0.25, 0.3) is 5.91 Å². The zero-order valence-electron chi connectivity index (χ0n) is 11.6. The summed E-state index contributed by atoms with van der Waals surface area (Å²) in [5, 5.41) is 0. The van der Waals surface area contributed by atoms with Crippen molar-refractivity contribution in [1.82, 2.24) is 4.90 Å². The summed E-state index contributed by atoms with van der Waals surface area (Å²) in [7, 11) is 1.70. The topological polar surface area (TPSA) is 38.8 Å². The van der Waals surface area contributed by atoms with Crippen molar-refractivity contribution >= 4 is 5.91 Å². The summed E-state index contributed by atoms with van der Waals surface area (Å²) >= 11 is 0. The molecule has 1 amide bonds. The maximum Gasteiger partial charge on any atom is 0.254 e. The fourth-order valence-corrected chi connectivity index (χ4v) is 2.36. The molecule has 4 nitrogen and oxygen atoms in total. The van der Waals surface area contributed by atoms with Crippen molar-refractivity contribution in [3.8, 4) is 0 Å². The first-order chi connectivity index (χ1) is 9.26. The van der Waals surface area contributed by atoms with E-state index in [1.807, 2.05) is 29.2 Å². The van der Waals surface area contributed by atoms with E-state index in [9.17, 15) is 4.79 Å². The Labute approximate surface area is 114 Å². The molecule has 4 heteroatoms. The Hall–Kier alpha value is -1.39. The highest BCUT2D eigenvalue weighted by atomic mass is 16.5. The summed E-state index contributed by atoms with van der Waals surface area (Å²) in [6.45, 7) is 4.67. The van der Waals surface area contributed by atoms with Crippen LogP contribution in [-0.2, 0) is 9.47 Å². The maximum absolute atomic E-state index is 12.4. The molecule has 1 saturated heterocycles. The van der Waals surface area contributed by atoms with E-state index in [0.29, 0.717) is 26.3 Å². The number of carbonyl (C=O) groups excluding carboxylic acids is 1. The summed E-state index contributed by atoms with van der Waals surface area (Å²) in [4.78, 5) is 14.2. The molecule has 0 radical (unpaired) electrons. The minimum Gasteiger partial charge on any atom is -0.378 e. The highest BCUT2D eigenvalue weighted by Gasteiger charge is 2.19. The molecule has 0 saturated carbocycles. The van der Waals surface area contributed by atoms with Gasteiger partial charge in [0, 0.05) is 25.8 Å². The van der Waals surface area contributed by atoms with Gasteiger partial charge in [0.05, 0.1) is 19.3 Å². The lowest BCUT2D eigenvalue weighted by Crippen LogP contribution is -2.40. The lowest BCUT2D eigenvalue weighted by molar-refractivity contribution is 0.0302. The molecule has 2 rings (SSSR count). The van der Waals surface area contributed by atoms with Crippen molar-refractivity contribution in [2.45, 2.75) is 19.4 Å². The van der Waals surface area contributed by atoms with Gasteiger partial charge in [0.1, 0.15) is 0 Å². The van der Waals surface area contributed by atoms with Crippen LogP contribution in [0.4, 0.5) is 0 Å². The number of nitrogens with zero attached hydrogens (tertiary/aromatic N) is 1. The number of amides is 1. The van der Waals surface area contributed by atoms with Gasteiger partial charge in [-0.15, -0.1) is 0 Å². The first kappa shape index (κ1) is 14.0. The zero-order valence-corrected chi connectivity index (χ0v) is 11.6. The second kappa shape index (κ2) is 6.68. The van der Waals surface area contributed by atoms with Gasteiger partial charge in [0.15, 0.2) is 0 Å². The van der Waals surface area contributed by atoms with E-state index in [0.717, 1.165) is 17.5 Å². The van der Waals surface area contributed by atoms with Gasteiger partial charge in [-0.25, -0.2) is 0 Å². The highest BCUT2D eigenvalue weighted by molar-refractivity contribution is 5.94. The average Bonchev–Trinajstić information content (AvgIpc) is 2.49. The van der Waals surface area contributed by atoms with Crippen molar-refractivity contribution in [3.63, 3.8) is 0 Å². The van der Waals surface area contributed by atoms with Crippen LogP contribution in [0.5, 0.6) is 0 Å². The standard InChI is InChI=1S/C15H21NO3/c1-3-14(18-2)12-5-4-6-13(11-12)15(17)16-7-9-19-10-8-16/h4-6,11,14H,3,7-10H2,1-2H3. The lowest BCUT2D eigenvalue weighted by atomic mass is 10.0. The predicted octanol–water partition coefficient (Wildman–Crippen LogP) is 2.26. The molecule has 1 unspecified atom stereocenters. The van der Waals surface area contributed by atoms with Gasteiger partial charge in [-0.3, -0.25) is 4.79 Å². The SMILES string of the molecule is CCC(OC)c1cccc(C(=O)N2CCOCC2)c1. The number of ether oxygens (including phenoxy) is 2. The van der Waals surface area contributed by atoms with E-state index in [1.165, 1.54) is 0 Å². The molecule has 1 aliphatic rings. The summed E-state index contributed by atoms with van der Waals surface area (Å²) in [5.74, 6) is 0.0797. The number of hydrogen-bond donors (Lipinski definition) is 0. The van der Waals surface area contributed by atoms with Crippen LogP contribution in [-0.4, -0.2) is 44.2 Å². The highest BCUT2D eigenvalue weighted by Crippen LogP contribution is 2.21. The molecule has 0 aliphatic carbocycles. The molecule has 0 bridgehead atoms. The second-order valence-electron chi connectivity index (χ2n) is 4.66. The fraction of sp³-hybridized carbons (Fsp3) is 0.533. The van der Waals surface area contributed by atoms with Gasteiger partial charge >= 0.3 is 0 Å².